The fraction of sp³-hybridized carbons (Fsp3) is 0.429. The molecule has 0 radical (unpaired) electrons. The molecular weight excluding hydrogens is 302 g/mol. The van der Waals surface area contributed by atoms with Crippen LogP contribution in [0.4, 0.5) is 5.69 Å². The predicted molar refractivity (Wildman–Crippen MR) is 85.1 cm³/mol. The third kappa shape index (κ3) is 3.97. The molecular formula is C14H19N5O2S. The van der Waals surface area contributed by atoms with E-state index in [9.17, 15) is 4.79 Å². The largest absolute Gasteiger partial charge is 0.497 e. The van der Waals surface area contributed by atoms with E-state index in [1.165, 1.54) is 11.8 Å². The number of tetrazole rings is 1. The van der Waals surface area contributed by atoms with E-state index < -0.39 is 0 Å². The van der Waals surface area contributed by atoms with Gasteiger partial charge in [-0.25, -0.2) is 4.68 Å². The summed E-state index contributed by atoms with van der Waals surface area (Å²) in [6, 6.07) is 7.34. The maximum Gasteiger partial charge on any atom is 0.237 e. The Labute approximate surface area is 133 Å². The van der Waals surface area contributed by atoms with E-state index in [1.807, 2.05) is 20.8 Å². The van der Waals surface area contributed by atoms with Crippen molar-refractivity contribution in [2.24, 2.45) is 0 Å². The van der Waals surface area contributed by atoms with Crippen LogP contribution in [0.15, 0.2) is 29.4 Å². The second-order valence-corrected chi connectivity index (χ2v) is 6.29. The highest BCUT2D eigenvalue weighted by molar-refractivity contribution is 8.00. The van der Waals surface area contributed by atoms with E-state index in [-0.39, 0.29) is 17.2 Å². The van der Waals surface area contributed by atoms with Gasteiger partial charge in [0.15, 0.2) is 0 Å². The molecule has 22 heavy (non-hydrogen) atoms. The topological polar surface area (TPSA) is 81.9 Å². The van der Waals surface area contributed by atoms with Crippen LogP contribution in [0.2, 0.25) is 0 Å². The Kier molecular flexibility index (Phi) is 5.37. The van der Waals surface area contributed by atoms with Gasteiger partial charge in [-0.2, -0.15) is 0 Å². The maximum absolute atomic E-state index is 12.2. The van der Waals surface area contributed by atoms with Crippen molar-refractivity contribution in [1.82, 2.24) is 20.2 Å². The number of carbonyl (C=O) groups is 1. The first-order valence-electron chi connectivity index (χ1n) is 6.90. The van der Waals surface area contributed by atoms with E-state index in [0.29, 0.717) is 5.16 Å². The lowest BCUT2D eigenvalue weighted by Crippen LogP contribution is -2.23. The molecule has 7 nitrogen and oxygen atoms in total. The number of hydrogen-bond donors (Lipinski definition) is 1. The molecule has 0 aliphatic carbocycles. The van der Waals surface area contributed by atoms with Gasteiger partial charge < -0.3 is 10.1 Å². The molecule has 118 valence electrons. The van der Waals surface area contributed by atoms with Crippen LogP contribution >= 0.6 is 11.8 Å². The molecule has 1 amide bonds. The van der Waals surface area contributed by atoms with Gasteiger partial charge in [0.05, 0.1) is 18.4 Å². The van der Waals surface area contributed by atoms with Crippen LogP contribution in [0.25, 0.3) is 0 Å². The first kappa shape index (κ1) is 16.3. The number of ether oxygens (including phenoxy) is 1. The Hall–Kier alpha value is -2.09. The summed E-state index contributed by atoms with van der Waals surface area (Å²) in [5.74, 6) is 0.644. The molecule has 1 N–H and O–H groups in total. The molecule has 0 unspecified atom stereocenters. The lowest BCUT2D eigenvalue weighted by molar-refractivity contribution is -0.115. The van der Waals surface area contributed by atoms with Crippen LogP contribution in [0.3, 0.4) is 0 Å². The Morgan fingerprint density at radius 2 is 1.95 bits per heavy atom. The molecule has 0 aliphatic rings. The molecule has 0 spiro atoms. The quantitative estimate of drug-likeness (QED) is 0.823. The van der Waals surface area contributed by atoms with Gasteiger partial charge in [0.25, 0.3) is 0 Å². The number of aromatic nitrogens is 4. The summed E-state index contributed by atoms with van der Waals surface area (Å²) in [6.45, 7) is 5.80. The molecule has 2 aromatic rings. The van der Waals surface area contributed by atoms with E-state index in [0.717, 1.165) is 11.4 Å². The molecule has 0 bridgehead atoms. The fourth-order valence-electron chi connectivity index (χ4n) is 1.72. The predicted octanol–water partition coefficient (Wildman–Crippen LogP) is 2.38. The van der Waals surface area contributed by atoms with Gasteiger partial charge >= 0.3 is 0 Å². The standard InChI is InChI=1S/C14H19N5O2S/c1-9(2)19-14(16-17-18-19)22-10(3)13(20)15-11-5-7-12(21-4)8-6-11/h5-10H,1-4H3,(H,15,20)/t10-/m0/s1. The van der Waals surface area contributed by atoms with E-state index in [2.05, 4.69) is 20.8 Å². The van der Waals surface area contributed by atoms with Crippen LogP contribution in [0.1, 0.15) is 26.8 Å². The average Bonchev–Trinajstić information content (AvgIpc) is 2.96. The molecule has 0 fully saturated rings. The van der Waals surface area contributed by atoms with E-state index in [4.69, 9.17) is 4.74 Å². The normalized spacial score (nSPS) is 12.2. The molecule has 0 aliphatic heterocycles. The highest BCUT2D eigenvalue weighted by Gasteiger charge is 2.19. The molecule has 1 heterocycles. The van der Waals surface area contributed by atoms with Gasteiger partial charge in [-0.3, -0.25) is 4.79 Å². The highest BCUT2D eigenvalue weighted by Crippen LogP contribution is 2.24. The van der Waals surface area contributed by atoms with Crippen LogP contribution in [0.5, 0.6) is 5.75 Å². The first-order chi connectivity index (χ1) is 10.5. The van der Waals surface area contributed by atoms with Crippen molar-refractivity contribution in [3.63, 3.8) is 0 Å². The minimum Gasteiger partial charge on any atom is -0.497 e. The summed E-state index contributed by atoms with van der Waals surface area (Å²) in [7, 11) is 1.60. The molecule has 2 rings (SSSR count). The lowest BCUT2D eigenvalue weighted by Gasteiger charge is -2.13. The van der Waals surface area contributed by atoms with Crippen LogP contribution < -0.4 is 10.1 Å². The summed E-state index contributed by atoms with van der Waals surface area (Å²) in [5.41, 5.74) is 0.724. The number of rotatable bonds is 6. The fourth-order valence-corrected chi connectivity index (χ4v) is 2.64. The SMILES string of the molecule is COc1ccc(NC(=O)[C@H](C)Sc2nnnn2C(C)C)cc1. The molecule has 8 heteroatoms. The van der Waals surface area contributed by atoms with Gasteiger partial charge in [-0.05, 0) is 55.5 Å². The van der Waals surface area contributed by atoms with Crippen molar-refractivity contribution < 1.29 is 9.53 Å². The van der Waals surface area contributed by atoms with Gasteiger partial charge in [0.1, 0.15) is 5.75 Å². The summed E-state index contributed by atoms with van der Waals surface area (Å²) in [5, 5.41) is 14.7. The van der Waals surface area contributed by atoms with Crippen molar-refractivity contribution in [3.05, 3.63) is 24.3 Å². The zero-order chi connectivity index (χ0) is 16.1. The highest BCUT2D eigenvalue weighted by atomic mass is 32.2. The second kappa shape index (κ2) is 7.26. The van der Waals surface area contributed by atoms with Crippen LogP contribution in [-0.2, 0) is 4.79 Å². The Bertz CT molecular complexity index is 626. The molecule has 0 saturated heterocycles. The maximum atomic E-state index is 12.2. The summed E-state index contributed by atoms with van der Waals surface area (Å²) in [6.07, 6.45) is 0. The number of anilines is 1. The Morgan fingerprint density at radius 3 is 2.55 bits per heavy atom. The van der Waals surface area contributed by atoms with Crippen molar-refractivity contribution in [2.45, 2.75) is 37.2 Å². The number of nitrogens with one attached hydrogen (secondary N) is 1. The number of nitrogens with zero attached hydrogens (tertiary/aromatic N) is 4. The van der Waals surface area contributed by atoms with Gasteiger partial charge in [-0.15, -0.1) is 5.10 Å². The zero-order valence-electron chi connectivity index (χ0n) is 13.0. The summed E-state index contributed by atoms with van der Waals surface area (Å²) >= 11 is 1.33. The third-order valence-electron chi connectivity index (χ3n) is 2.96. The van der Waals surface area contributed by atoms with Crippen molar-refractivity contribution >= 4 is 23.4 Å². The Balaban J connectivity index is 1.98. The summed E-state index contributed by atoms with van der Waals surface area (Å²) < 4.78 is 6.78. The number of benzene rings is 1. The monoisotopic (exact) mass is 321 g/mol. The number of thioether (sulfide) groups is 1. The number of carbonyl (C=O) groups excluding carboxylic acids is 1. The van der Waals surface area contributed by atoms with Gasteiger partial charge in [0, 0.05) is 5.69 Å². The lowest BCUT2D eigenvalue weighted by atomic mass is 10.3. The zero-order valence-corrected chi connectivity index (χ0v) is 13.8. The van der Waals surface area contributed by atoms with E-state index >= 15 is 0 Å². The number of hydrogen-bond acceptors (Lipinski definition) is 6. The number of methoxy groups -OCH3 is 1. The molecule has 1 atom stereocenters. The number of amides is 1. The minimum atomic E-state index is -0.314. The smallest absolute Gasteiger partial charge is 0.237 e. The first-order valence-corrected chi connectivity index (χ1v) is 7.78. The second-order valence-electron chi connectivity index (χ2n) is 4.98. The summed E-state index contributed by atoms with van der Waals surface area (Å²) in [4.78, 5) is 12.2. The molecule has 1 aromatic carbocycles. The van der Waals surface area contributed by atoms with Crippen molar-refractivity contribution in [3.8, 4) is 5.75 Å². The molecule has 1 aromatic heterocycles. The molecule has 0 saturated carbocycles. The third-order valence-corrected chi connectivity index (χ3v) is 4.01. The van der Waals surface area contributed by atoms with Crippen molar-refractivity contribution in [1.29, 1.82) is 0 Å². The van der Waals surface area contributed by atoms with Crippen molar-refractivity contribution in [2.75, 3.05) is 12.4 Å². The van der Waals surface area contributed by atoms with Crippen LogP contribution in [-0.4, -0.2) is 38.5 Å². The van der Waals surface area contributed by atoms with E-state index in [1.54, 1.807) is 36.1 Å². The Morgan fingerprint density at radius 1 is 1.27 bits per heavy atom. The van der Waals surface area contributed by atoms with Gasteiger partial charge in [0.2, 0.25) is 11.1 Å². The van der Waals surface area contributed by atoms with Gasteiger partial charge in [-0.1, -0.05) is 11.8 Å². The minimum absolute atomic E-state index is 0.103. The average molecular weight is 321 g/mol. The van der Waals surface area contributed by atoms with Crippen LogP contribution in [0, 0.1) is 0 Å².